The van der Waals surface area contributed by atoms with Gasteiger partial charge in [-0.1, -0.05) is 74.0 Å². The van der Waals surface area contributed by atoms with Crippen molar-refractivity contribution in [2.75, 3.05) is 0 Å². The number of para-hydroxylation sites is 4. The molecule has 0 bridgehead atoms. The molecule has 0 N–H and O–H groups in total. The average Bonchev–Trinajstić information content (AvgIpc) is 3.33. The lowest BCUT2D eigenvalue weighted by Gasteiger charge is -2.10. The SMILES string of the molecule is CCCc1nc2ccccc2nc1-c1ccc(-c2ccc(-c3nc4ccccc4o3)cc2)cc1. The molecule has 0 aliphatic carbocycles. The molecule has 0 radical (unpaired) electrons. The molecular weight excluding hydrogens is 418 g/mol. The molecule has 0 aliphatic heterocycles. The fourth-order valence-corrected chi connectivity index (χ4v) is 4.30. The lowest BCUT2D eigenvalue weighted by molar-refractivity contribution is 0.620. The van der Waals surface area contributed by atoms with Crippen molar-refractivity contribution in [2.45, 2.75) is 19.8 Å². The first kappa shape index (κ1) is 20.3. The second-order valence-corrected chi connectivity index (χ2v) is 8.40. The predicted molar refractivity (Wildman–Crippen MR) is 137 cm³/mol. The van der Waals surface area contributed by atoms with E-state index in [1.165, 1.54) is 0 Å². The number of nitrogens with zero attached hydrogens (tertiary/aromatic N) is 3. The van der Waals surface area contributed by atoms with Gasteiger partial charge in [-0.2, -0.15) is 0 Å². The summed E-state index contributed by atoms with van der Waals surface area (Å²) in [6, 6.07) is 32.8. The van der Waals surface area contributed by atoms with E-state index >= 15 is 0 Å². The van der Waals surface area contributed by atoms with Crippen molar-refractivity contribution in [1.29, 1.82) is 0 Å². The topological polar surface area (TPSA) is 51.8 Å². The van der Waals surface area contributed by atoms with Crippen LogP contribution in [-0.4, -0.2) is 15.0 Å². The highest BCUT2D eigenvalue weighted by Gasteiger charge is 2.12. The maximum Gasteiger partial charge on any atom is 0.227 e. The second-order valence-electron chi connectivity index (χ2n) is 8.40. The van der Waals surface area contributed by atoms with Crippen LogP contribution in [0.1, 0.15) is 19.0 Å². The van der Waals surface area contributed by atoms with Gasteiger partial charge in [0, 0.05) is 11.1 Å². The van der Waals surface area contributed by atoms with Crippen LogP contribution in [0, 0.1) is 0 Å². The van der Waals surface area contributed by atoms with Crippen molar-refractivity contribution in [3.63, 3.8) is 0 Å². The monoisotopic (exact) mass is 441 g/mol. The summed E-state index contributed by atoms with van der Waals surface area (Å²) in [5, 5.41) is 0. The second kappa shape index (κ2) is 8.56. The first-order valence-electron chi connectivity index (χ1n) is 11.6. The third-order valence-corrected chi connectivity index (χ3v) is 6.05. The van der Waals surface area contributed by atoms with Crippen LogP contribution in [0.4, 0.5) is 0 Å². The Hall–Kier alpha value is -4.31. The van der Waals surface area contributed by atoms with Crippen molar-refractivity contribution < 1.29 is 4.42 Å². The van der Waals surface area contributed by atoms with Gasteiger partial charge in [0.15, 0.2) is 5.58 Å². The molecule has 4 nitrogen and oxygen atoms in total. The largest absolute Gasteiger partial charge is 0.436 e. The third kappa shape index (κ3) is 3.73. The summed E-state index contributed by atoms with van der Waals surface area (Å²) in [5.41, 5.74) is 9.92. The summed E-state index contributed by atoms with van der Waals surface area (Å²) >= 11 is 0. The Morgan fingerprint density at radius 3 is 1.76 bits per heavy atom. The van der Waals surface area contributed by atoms with E-state index in [2.05, 4.69) is 60.4 Å². The first-order valence-corrected chi connectivity index (χ1v) is 11.6. The number of benzene rings is 4. The molecule has 4 aromatic carbocycles. The van der Waals surface area contributed by atoms with Crippen molar-refractivity contribution >= 4 is 22.1 Å². The fraction of sp³-hybridized carbons (Fsp3) is 0.100. The van der Waals surface area contributed by atoms with Gasteiger partial charge in [-0.05, 0) is 53.9 Å². The molecule has 4 heteroatoms. The predicted octanol–water partition coefficient (Wildman–Crippen LogP) is 7.72. The molecule has 0 amide bonds. The van der Waals surface area contributed by atoms with Crippen LogP contribution in [-0.2, 0) is 6.42 Å². The van der Waals surface area contributed by atoms with Gasteiger partial charge in [0.05, 0.1) is 22.4 Å². The lowest BCUT2D eigenvalue weighted by atomic mass is 10.00. The fourth-order valence-electron chi connectivity index (χ4n) is 4.30. The third-order valence-electron chi connectivity index (χ3n) is 6.05. The number of aromatic nitrogens is 3. The van der Waals surface area contributed by atoms with Crippen LogP contribution in [0.3, 0.4) is 0 Å². The highest BCUT2D eigenvalue weighted by atomic mass is 16.3. The zero-order valence-electron chi connectivity index (χ0n) is 18.9. The van der Waals surface area contributed by atoms with Crippen LogP contribution in [0.2, 0.25) is 0 Å². The number of hydrogen-bond acceptors (Lipinski definition) is 4. The van der Waals surface area contributed by atoms with Gasteiger partial charge in [-0.3, -0.25) is 0 Å². The van der Waals surface area contributed by atoms with Crippen molar-refractivity contribution in [2.24, 2.45) is 0 Å². The number of fused-ring (bicyclic) bond motifs is 2. The molecule has 6 aromatic rings. The molecule has 0 fully saturated rings. The average molecular weight is 442 g/mol. The van der Waals surface area contributed by atoms with Crippen LogP contribution in [0.25, 0.3) is 56.0 Å². The maximum atomic E-state index is 5.90. The van der Waals surface area contributed by atoms with E-state index in [1.807, 2.05) is 48.5 Å². The molecule has 0 saturated heterocycles. The molecule has 0 aliphatic rings. The van der Waals surface area contributed by atoms with Gasteiger partial charge in [0.1, 0.15) is 5.52 Å². The Labute approximate surface area is 198 Å². The molecule has 0 spiro atoms. The van der Waals surface area contributed by atoms with Gasteiger partial charge in [0.25, 0.3) is 0 Å². The molecule has 2 heterocycles. The van der Waals surface area contributed by atoms with Crippen LogP contribution in [0.5, 0.6) is 0 Å². The number of rotatable bonds is 5. The smallest absolute Gasteiger partial charge is 0.227 e. The molecule has 0 unspecified atom stereocenters. The number of oxazole rings is 1. The quantitative estimate of drug-likeness (QED) is 0.275. The zero-order valence-corrected chi connectivity index (χ0v) is 18.9. The minimum atomic E-state index is 0.640. The molecule has 6 rings (SSSR count). The van der Waals surface area contributed by atoms with Crippen molar-refractivity contribution in [3.8, 4) is 33.8 Å². The number of hydrogen-bond donors (Lipinski definition) is 0. The minimum Gasteiger partial charge on any atom is -0.436 e. The Balaban J connectivity index is 1.31. The summed E-state index contributed by atoms with van der Waals surface area (Å²) in [7, 11) is 0. The first-order chi connectivity index (χ1) is 16.8. The van der Waals surface area contributed by atoms with Crippen LogP contribution >= 0.6 is 0 Å². The summed E-state index contributed by atoms with van der Waals surface area (Å²) in [4.78, 5) is 14.4. The number of aryl methyl sites for hydroxylation is 1. The summed E-state index contributed by atoms with van der Waals surface area (Å²) in [6.07, 6.45) is 1.94. The van der Waals surface area contributed by atoms with E-state index in [0.29, 0.717) is 5.89 Å². The maximum absolute atomic E-state index is 5.90. The van der Waals surface area contributed by atoms with Crippen LogP contribution < -0.4 is 0 Å². The molecule has 0 saturated carbocycles. The molecule has 34 heavy (non-hydrogen) atoms. The van der Waals surface area contributed by atoms with Crippen LogP contribution in [0.15, 0.2) is 101 Å². The zero-order chi connectivity index (χ0) is 22.9. The van der Waals surface area contributed by atoms with Gasteiger partial charge in [-0.25, -0.2) is 15.0 Å². The normalized spacial score (nSPS) is 11.3. The molecular formula is C30H23N3O. The van der Waals surface area contributed by atoms with E-state index in [-0.39, 0.29) is 0 Å². The van der Waals surface area contributed by atoms with Crippen molar-refractivity contribution in [3.05, 3.63) is 103 Å². The highest BCUT2D eigenvalue weighted by Crippen LogP contribution is 2.30. The molecule has 2 aromatic heterocycles. The summed E-state index contributed by atoms with van der Waals surface area (Å²) in [5.74, 6) is 0.640. The minimum absolute atomic E-state index is 0.640. The highest BCUT2D eigenvalue weighted by molar-refractivity contribution is 5.80. The Morgan fingerprint density at radius 2 is 1.12 bits per heavy atom. The van der Waals surface area contributed by atoms with E-state index in [9.17, 15) is 0 Å². The van der Waals surface area contributed by atoms with E-state index < -0.39 is 0 Å². The lowest BCUT2D eigenvalue weighted by Crippen LogP contribution is -1.98. The molecule has 0 atom stereocenters. The Morgan fingerprint density at radius 1 is 0.559 bits per heavy atom. The van der Waals surface area contributed by atoms with Gasteiger partial charge in [-0.15, -0.1) is 0 Å². The Bertz CT molecular complexity index is 1570. The van der Waals surface area contributed by atoms with E-state index in [1.54, 1.807) is 0 Å². The van der Waals surface area contributed by atoms with E-state index in [4.69, 9.17) is 14.4 Å². The van der Waals surface area contributed by atoms with Gasteiger partial charge < -0.3 is 4.42 Å². The molecule has 164 valence electrons. The van der Waals surface area contributed by atoms with Crippen molar-refractivity contribution in [1.82, 2.24) is 15.0 Å². The Kier molecular flexibility index (Phi) is 5.11. The van der Waals surface area contributed by atoms with Gasteiger partial charge >= 0.3 is 0 Å². The summed E-state index contributed by atoms with van der Waals surface area (Å²) in [6.45, 7) is 2.17. The summed E-state index contributed by atoms with van der Waals surface area (Å²) < 4.78 is 5.90. The van der Waals surface area contributed by atoms with E-state index in [0.717, 1.165) is 68.6 Å². The van der Waals surface area contributed by atoms with Gasteiger partial charge in [0.2, 0.25) is 5.89 Å². The standard InChI is InChI=1S/C30H23N3O/c1-2-7-27-29(32-25-9-4-3-8-24(25)31-27)22-16-12-20(13-17-22)21-14-18-23(19-15-21)30-33-26-10-5-6-11-28(26)34-30/h3-6,8-19H,2,7H2,1H3.